The van der Waals surface area contributed by atoms with E-state index in [2.05, 4.69) is 42.9 Å². The summed E-state index contributed by atoms with van der Waals surface area (Å²) < 4.78 is 0. The van der Waals surface area contributed by atoms with Gasteiger partial charge >= 0.3 is 0 Å². The predicted octanol–water partition coefficient (Wildman–Crippen LogP) is 3.13. The lowest BCUT2D eigenvalue weighted by Gasteiger charge is -2.43. The second-order valence-electron chi connectivity index (χ2n) is 9.45. The fraction of sp³-hybridized carbons (Fsp3) is 0.458. The van der Waals surface area contributed by atoms with Crippen LogP contribution in [0.1, 0.15) is 67.5 Å². The van der Waals surface area contributed by atoms with Crippen LogP contribution >= 0.6 is 0 Å². The van der Waals surface area contributed by atoms with Gasteiger partial charge in [-0.15, -0.1) is 0 Å². The minimum absolute atomic E-state index is 0.0133. The minimum atomic E-state index is -0.823. The number of carbonyl (C=O) groups excluding carboxylic acids is 1. The number of hydrogen-bond donors (Lipinski definition) is 0. The summed E-state index contributed by atoms with van der Waals surface area (Å²) >= 11 is 0. The Labute approximate surface area is 176 Å². The van der Waals surface area contributed by atoms with Crippen molar-refractivity contribution in [2.45, 2.75) is 57.4 Å². The smallest absolute Gasteiger partial charge is 0.235 e. The summed E-state index contributed by atoms with van der Waals surface area (Å²) in [5.41, 5.74) is 2.28. The van der Waals surface area contributed by atoms with Gasteiger partial charge in [0.25, 0.3) is 0 Å². The average Bonchev–Trinajstić information content (AvgIpc) is 3.06. The summed E-state index contributed by atoms with van der Waals surface area (Å²) in [7, 11) is 0. The van der Waals surface area contributed by atoms with Crippen LogP contribution in [0.15, 0.2) is 24.3 Å². The Bertz CT molecular complexity index is 1190. The third kappa shape index (κ3) is 1.99. The van der Waals surface area contributed by atoms with E-state index in [0.29, 0.717) is 25.2 Å². The third-order valence-corrected chi connectivity index (χ3v) is 8.26. The normalized spacial score (nSPS) is 27.7. The standard InChI is InChI=1S/C24H23N5O/c1-22(2)23(3)9-10-24(22,20-19(23)27-17(12-25)18(13-26)28-20)21(30)29-11-8-15-6-4-5-7-16(15)14-29/h4-7H,8-11,14H2,1-3H3. The van der Waals surface area contributed by atoms with Crippen LogP contribution in [0.3, 0.4) is 0 Å². The predicted molar refractivity (Wildman–Crippen MR) is 109 cm³/mol. The van der Waals surface area contributed by atoms with E-state index in [1.54, 1.807) is 0 Å². The maximum atomic E-state index is 14.2. The molecule has 2 bridgehead atoms. The van der Waals surface area contributed by atoms with E-state index in [0.717, 1.165) is 18.5 Å². The van der Waals surface area contributed by atoms with Gasteiger partial charge in [0.15, 0.2) is 11.4 Å². The lowest BCUT2D eigenvalue weighted by molar-refractivity contribution is -0.142. The molecule has 6 heteroatoms. The van der Waals surface area contributed by atoms with Gasteiger partial charge in [-0.3, -0.25) is 4.79 Å². The molecular formula is C24H23N5O. The zero-order valence-corrected chi connectivity index (χ0v) is 17.5. The van der Waals surface area contributed by atoms with Crippen LogP contribution in [-0.4, -0.2) is 27.3 Å². The van der Waals surface area contributed by atoms with E-state index in [-0.39, 0.29) is 22.7 Å². The first kappa shape index (κ1) is 18.8. The van der Waals surface area contributed by atoms with Crippen LogP contribution in [0.5, 0.6) is 0 Å². The third-order valence-electron chi connectivity index (χ3n) is 8.26. The number of hydrogen-bond acceptors (Lipinski definition) is 5. The van der Waals surface area contributed by atoms with Crippen LogP contribution in [0.2, 0.25) is 0 Å². The van der Waals surface area contributed by atoms with Gasteiger partial charge in [-0.1, -0.05) is 45.0 Å². The van der Waals surface area contributed by atoms with Crippen LogP contribution in [0, 0.1) is 28.1 Å². The maximum Gasteiger partial charge on any atom is 0.235 e. The highest BCUT2D eigenvalue weighted by atomic mass is 16.2. The number of nitrogens with zero attached hydrogens (tertiary/aromatic N) is 5. The quantitative estimate of drug-likeness (QED) is 0.737. The number of aromatic nitrogens is 2. The van der Waals surface area contributed by atoms with Crippen LogP contribution in [0.4, 0.5) is 0 Å². The Balaban J connectivity index is 1.66. The molecule has 0 spiro atoms. The first-order valence-electron chi connectivity index (χ1n) is 10.4. The molecule has 5 rings (SSSR count). The summed E-state index contributed by atoms with van der Waals surface area (Å²) in [6, 6.07) is 12.3. The van der Waals surface area contributed by atoms with Crippen molar-refractivity contribution in [1.29, 1.82) is 10.5 Å². The lowest BCUT2D eigenvalue weighted by atomic mass is 9.63. The Morgan fingerprint density at radius 3 is 2.30 bits per heavy atom. The van der Waals surface area contributed by atoms with E-state index >= 15 is 0 Å². The molecule has 2 unspecified atom stereocenters. The van der Waals surface area contributed by atoms with Gasteiger partial charge in [-0.2, -0.15) is 10.5 Å². The number of rotatable bonds is 1. The van der Waals surface area contributed by atoms with Crippen molar-refractivity contribution in [1.82, 2.24) is 14.9 Å². The van der Waals surface area contributed by atoms with Crippen LogP contribution in [0.25, 0.3) is 0 Å². The topological polar surface area (TPSA) is 93.7 Å². The van der Waals surface area contributed by atoms with Gasteiger partial charge in [0.05, 0.1) is 16.8 Å². The van der Waals surface area contributed by atoms with Crippen molar-refractivity contribution in [3.8, 4) is 12.1 Å². The molecule has 0 saturated heterocycles. The van der Waals surface area contributed by atoms with Crippen molar-refractivity contribution >= 4 is 5.91 Å². The molecule has 3 aliphatic rings. The Morgan fingerprint density at radius 2 is 1.63 bits per heavy atom. The Kier molecular flexibility index (Phi) is 3.68. The SMILES string of the molecule is CC12CCC(C(=O)N3CCc4ccccc4C3)(c3nc(C#N)c(C#N)nc31)C2(C)C. The number of amides is 1. The molecule has 2 aliphatic carbocycles. The highest BCUT2D eigenvalue weighted by molar-refractivity contribution is 5.92. The molecule has 2 heterocycles. The Morgan fingerprint density at radius 1 is 1.00 bits per heavy atom. The summed E-state index contributed by atoms with van der Waals surface area (Å²) in [6.07, 6.45) is 2.34. The second-order valence-corrected chi connectivity index (χ2v) is 9.45. The van der Waals surface area contributed by atoms with Crippen molar-refractivity contribution in [2.24, 2.45) is 5.41 Å². The van der Waals surface area contributed by atoms with Gasteiger partial charge in [-0.05, 0) is 35.8 Å². The first-order valence-corrected chi connectivity index (χ1v) is 10.4. The molecule has 6 nitrogen and oxygen atoms in total. The number of fused-ring (bicyclic) bond motifs is 6. The maximum absolute atomic E-state index is 14.2. The minimum Gasteiger partial charge on any atom is -0.337 e. The summed E-state index contributed by atoms with van der Waals surface area (Å²) in [5.74, 6) is 0.0763. The van der Waals surface area contributed by atoms with Gasteiger partial charge < -0.3 is 4.90 Å². The monoisotopic (exact) mass is 397 g/mol. The van der Waals surface area contributed by atoms with Crippen molar-refractivity contribution in [2.75, 3.05) is 6.54 Å². The fourth-order valence-electron chi connectivity index (χ4n) is 6.05. The largest absolute Gasteiger partial charge is 0.337 e. The van der Waals surface area contributed by atoms with Gasteiger partial charge in [0, 0.05) is 18.5 Å². The van der Waals surface area contributed by atoms with Crippen molar-refractivity contribution in [3.05, 3.63) is 58.2 Å². The molecule has 1 aromatic carbocycles. The first-order chi connectivity index (χ1) is 14.3. The van der Waals surface area contributed by atoms with Crippen LogP contribution < -0.4 is 0 Å². The van der Waals surface area contributed by atoms with E-state index in [1.807, 2.05) is 29.2 Å². The van der Waals surface area contributed by atoms with E-state index in [9.17, 15) is 15.3 Å². The van der Waals surface area contributed by atoms with Crippen molar-refractivity contribution in [3.63, 3.8) is 0 Å². The highest BCUT2D eigenvalue weighted by Crippen LogP contribution is 2.70. The molecule has 1 fully saturated rings. The van der Waals surface area contributed by atoms with Gasteiger partial charge in [0.1, 0.15) is 12.1 Å². The zero-order valence-electron chi connectivity index (χ0n) is 17.5. The highest BCUT2D eigenvalue weighted by Gasteiger charge is 2.73. The molecule has 1 aliphatic heterocycles. The average molecular weight is 397 g/mol. The summed E-state index contributed by atoms with van der Waals surface area (Å²) in [6.45, 7) is 7.64. The lowest BCUT2D eigenvalue weighted by Crippen LogP contribution is -2.53. The summed E-state index contributed by atoms with van der Waals surface area (Å²) in [5, 5.41) is 19.0. The molecule has 150 valence electrons. The van der Waals surface area contributed by atoms with E-state index in [4.69, 9.17) is 0 Å². The van der Waals surface area contributed by atoms with E-state index in [1.165, 1.54) is 11.1 Å². The molecule has 2 atom stereocenters. The van der Waals surface area contributed by atoms with E-state index < -0.39 is 10.8 Å². The molecule has 1 aromatic heterocycles. The second kappa shape index (κ2) is 5.89. The Hall–Kier alpha value is -3.25. The van der Waals surface area contributed by atoms with Gasteiger partial charge in [0.2, 0.25) is 5.91 Å². The van der Waals surface area contributed by atoms with Crippen LogP contribution in [-0.2, 0) is 28.6 Å². The molecule has 1 amide bonds. The molecular weight excluding hydrogens is 374 g/mol. The number of nitriles is 2. The number of carbonyl (C=O) groups is 1. The molecule has 2 aromatic rings. The number of benzene rings is 1. The molecule has 0 radical (unpaired) electrons. The molecule has 30 heavy (non-hydrogen) atoms. The fourth-order valence-corrected chi connectivity index (χ4v) is 6.05. The molecule has 1 saturated carbocycles. The molecule has 0 N–H and O–H groups in total. The van der Waals surface area contributed by atoms with Gasteiger partial charge in [-0.25, -0.2) is 9.97 Å². The summed E-state index contributed by atoms with van der Waals surface area (Å²) in [4.78, 5) is 25.3. The van der Waals surface area contributed by atoms with Crippen molar-refractivity contribution < 1.29 is 4.79 Å². The zero-order chi connectivity index (χ0) is 21.3.